The van der Waals surface area contributed by atoms with Gasteiger partial charge in [-0.15, -0.1) is 0 Å². The van der Waals surface area contributed by atoms with Crippen molar-refractivity contribution in [2.75, 3.05) is 6.54 Å². The van der Waals surface area contributed by atoms with Crippen molar-refractivity contribution in [3.05, 3.63) is 64.7 Å². The Hall–Kier alpha value is -2.17. The lowest BCUT2D eigenvalue weighted by atomic mass is 10.3. The molecule has 0 heterocycles. The van der Waals surface area contributed by atoms with Gasteiger partial charge in [0.25, 0.3) is 5.69 Å². The summed E-state index contributed by atoms with van der Waals surface area (Å²) in [7, 11) is -1.36. The third-order valence-electron chi connectivity index (χ3n) is 2.45. The first-order chi connectivity index (χ1) is 10.2. The summed E-state index contributed by atoms with van der Waals surface area (Å²) in [6.07, 6.45) is 0. The highest BCUT2D eigenvalue weighted by Crippen LogP contribution is 2.36. The number of nitro groups is 1. The Morgan fingerprint density at radius 2 is 1.62 bits per heavy atom. The molecule has 2 aromatic rings. The van der Waals surface area contributed by atoms with E-state index in [1.807, 2.05) is 37.3 Å². The van der Waals surface area contributed by atoms with Crippen molar-refractivity contribution in [3.8, 4) is 11.5 Å². The zero-order valence-electron chi connectivity index (χ0n) is 11.4. The third kappa shape index (κ3) is 4.70. The Labute approximate surface area is 123 Å². The van der Waals surface area contributed by atoms with Crippen LogP contribution in [0.15, 0.2) is 54.6 Å². The Kier molecular flexibility index (Phi) is 5.49. The molecular weight excluding hydrogens is 291 g/mol. The number of nitrogens with one attached hydrogen (secondary N) is 1. The number of benzene rings is 2. The Bertz CT molecular complexity index is 577. The quantitative estimate of drug-likeness (QED) is 0.477. The minimum absolute atomic E-state index is 0.0270. The van der Waals surface area contributed by atoms with Crippen LogP contribution in [0.1, 0.15) is 6.92 Å². The Morgan fingerprint density at radius 1 is 1.05 bits per heavy atom. The highest BCUT2D eigenvalue weighted by atomic mass is 31.2. The van der Waals surface area contributed by atoms with E-state index in [0.717, 1.165) is 0 Å². The van der Waals surface area contributed by atoms with E-state index < -0.39 is 13.4 Å². The van der Waals surface area contributed by atoms with Crippen molar-refractivity contribution in [3.63, 3.8) is 0 Å². The molecule has 110 valence electrons. The third-order valence-corrected chi connectivity index (χ3v) is 3.78. The molecule has 0 amide bonds. The molecule has 2 aromatic carbocycles. The largest absolute Gasteiger partial charge is 0.427 e. The highest BCUT2D eigenvalue weighted by Gasteiger charge is 2.14. The summed E-state index contributed by atoms with van der Waals surface area (Å²) in [5.41, 5.74) is 0.0270. The summed E-state index contributed by atoms with van der Waals surface area (Å²) in [6.45, 7) is 2.63. The van der Waals surface area contributed by atoms with Crippen LogP contribution in [-0.2, 0) is 0 Å². The summed E-state index contributed by atoms with van der Waals surface area (Å²) in [4.78, 5) is 10.2. The van der Waals surface area contributed by atoms with Gasteiger partial charge in [0.2, 0.25) is 0 Å². The van der Waals surface area contributed by atoms with E-state index in [4.69, 9.17) is 9.05 Å². The van der Waals surface area contributed by atoms with E-state index in [1.165, 1.54) is 12.1 Å². The molecule has 7 heteroatoms. The van der Waals surface area contributed by atoms with Gasteiger partial charge in [0.05, 0.1) is 4.92 Å². The number of hydrogen-bond donors (Lipinski definition) is 1. The molecule has 21 heavy (non-hydrogen) atoms. The van der Waals surface area contributed by atoms with Crippen molar-refractivity contribution >= 4 is 14.2 Å². The highest BCUT2D eigenvalue weighted by molar-refractivity contribution is 7.45. The molecule has 6 nitrogen and oxygen atoms in total. The van der Waals surface area contributed by atoms with E-state index in [1.54, 1.807) is 12.1 Å². The zero-order valence-corrected chi connectivity index (χ0v) is 12.3. The summed E-state index contributed by atoms with van der Waals surface area (Å²) in [5.74, 6) is 1.22. The summed E-state index contributed by atoms with van der Waals surface area (Å²) in [5, 5.41) is 13.7. The van der Waals surface area contributed by atoms with Gasteiger partial charge >= 0.3 is 8.53 Å². The lowest BCUT2D eigenvalue weighted by Gasteiger charge is -2.18. The van der Waals surface area contributed by atoms with Crippen LogP contribution in [-0.4, -0.2) is 11.5 Å². The predicted molar refractivity (Wildman–Crippen MR) is 81.4 cm³/mol. The topological polar surface area (TPSA) is 73.6 Å². The van der Waals surface area contributed by atoms with Gasteiger partial charge in [-0.25, -0.2) is 5.09 Å². The van der Waals surface area contributed by atoms with Crippen LogP contribution in [0.3, 0.4) is 0 Å². The molecule has 0 saturated heterocycles. The van der Waals surface area contributed by atoms with Gasteiger partial charge in [-0.3, -0.25) is 10.1 Å². The summed E-state index contributed by atoms with van der Waals surface area (Å²) in [6, 6.07) is 15.2. The van der Waals surface area contributed by atoms with Crippen molar-refractivity contribution in [2.45, 2.75) is 6.92 Å². The van der Waals surface area contributed by atoms with E-state index >= 15 is 0 Å². The average molecular weight is 306 g/mol. The molecule has 0 bridgehead atoms. The zero-order chi connectivity index (χ0) is 15.1. The van der Waals surface area contributed by atoms with Crippen LogP contribution >= 0.6 is 8.53 Å². The molecule has 0 aromatic heterocycles. The average Bonchev–Trinajstić information content (AvgIpc) is 2.49. The van der Waals surface area contributed by atoms with Gasteiger partial charge in [0.1, 0.15) is 11.5 Å². The minimum atomic E-state index is -1.36. The summed E-state index contributed by atoms with van der Waals surface area (Å²) < 4.78 is 11.4. The Morgan fingerprint density at radius 3 is 2.14 bits per heavy atom. The van der Waals surface area contributed by atoms with Gasteiger partial charge in [-0.2, -0.15) is 0 Å². The van der Waals surface area contributed by atoms with Crippen molar-refractivity contribution in [1.29, 1.82) is 0 Å². The Balaban J connectivity index is 2.03. The van der Waals surface area contributed by atoms with Crippen molar-refractivity contribution < 1.29 is 14.0 Å². The monoisotopic (exact) mass is 306 g/mol. The van der Waals surface area contributed by atoms with Crippen LogP contribution in [0.25, 0.3) is 0 Å². The lowest BCUT2D eigenvalue weighted by Crippen LogP contribution is -2.13. The maximum Gasteiger partial charge on any atom is 0.381 e. The van der Waals surface area contributed by atoms with E-state index in [2.05, 4.69) is 5.09 Å². The van der Waals surface area contributed by atoms with Gasteiger partial charge in [0, 0.05) is 18.7 Å². The molecular formula is C14H15N2O4P. The van der Waals surface area contributed by atoms with Gasteiger partial charge in [-0.1, -0.05) is 25.1 Å². The molecule has 2 rings (SSSR count). The molecule has 0 radical (unpaired) electrons. The van der Waals surface area contributed by atoms with Gasteiger partial charge in [-0.05, 0) is 24.3 Å². The van der Waals surface area contributed by atoms with Crippen LogP contribution in [0.5, 0.6) is 11.5 Å². The number of nitro benzene ring substituents is 1. The minimum Gasteiger partial charge on any atom is -0.427 e. The molecule has 1 N–H and O–H groups in total. The maximum absolute atomic E-state index is 10.6. The summed E-state index contributed by atoms with van der Waals surface area (Å²) >= 11 is 0. The SMILES string of the molecule is CCNP(Oc1ccccc1)Oc1ccc([N+](=O)[O-])cc1. The predicted octanol–water partition coefficient (Wildman–Crippen LogP) is 3.89. The van der Waals surface area contributed by atoms with Crippen molar-refractivity contribution in [2.24, 2.45) is 0 Å². The second-order valence-electron chi connectivity index (χ2n) is 4.02. The molecule has 0 aliphatic rings. The molecule has 0 aliphatic heterocycles. The maximum atomic E-state index is 10.6. The number of hydrogen-bond acceptors (Lipinski definition) is 5. The van der Waals surface area contributed by atoms with Crippen LogP contribution < -0.4 is 14.1 Å². The first kappa shape index (κ1) is 15.2. The number of para-hydroxylation sites is 1. The second-order valence-corrected chi connectivity index (χ2v) is 5.21. The normalized spacial score (nSPS) is 11.7. The smallest absolute Gasteiger partial charge is 0.381 e. The first-order valence-electron chi connectivity index (χ1n) is 6.38. The fraction of sp³-hybridized carbons (Fsp3) is 0.143. The molecule has 0 saturated carbocycles. The molecule has 1 atom stereocenters. The van der Waals surface area contributed by atoms with Gasteiger partial charge < -0.3 is 9.05 Å². The standard InChI is InChI=1S/C14H15N2O4P/c1-2-15-21(19-13-6-4-3-5-7-13)20-14-10-8-12(9-11-14)16(17)18/h3-11,15H,2H2,1H3. The van der Waals surface area contributed by atoms with Crippen LogP contribution in [0, 0.1) is 10.1 Å². The number of rotatable bonds is 7. The molecule has 0 spiro atoms. The fourth-order valence-corrected chi connectivity index (χ4v) is 2.56. The molecule has 0 aliphatic carbocycles. The van der Waals surface area contributed by atoms with E-state index in [9.17, 15) is 10.1 Å². The van der Waals surface area contributed by atoms with Crippen molar-refractivity contribution in [1.82, 2.24) is 5.09 Å². The van der Waals surface area contributed by atoms with E-state index in [0.29, 0.717) is 18.0 Å². The molecule has 0 fully saturated rings. The number of nitrogens with zero attached hydrogens (tertiary/aromatic N) is 1. The van der Waals surface area contributed by atoms with Gasteiger partial charge in [0.15, 0.2) is 0 Å². The number of non-ortho nitro benzene ring substituents is 1. The second kappa shape index (κ2) is 7.57. The molecule has 1 unspecified atom stereocenters. The lowest BCUT2D eigenvalue weighted by molar-refractivity contribution is -0.384. The van der Waals surface area contributed by atoms with Crippen LogP contribution in [0.2, 0.25) is 0 Å². The van der Waals surface area contributed by atoms with Crippen LogP contribution in [0.4, 0.5) is 5.69 Å². The fourth-order valence-electron chi connectivity index (χ4n) is 1.51. The van der Waals surface area contributed by atoms with E-state index in [-0.39, 0.29) is 5.69 Å². The first-order valence-corrected chi connectivity index (χ1v) is 7.56.